The van der Waals surface area contributed by atoms with Crippen LogP contribution in [0.4, 0.5) is 0 Å². The molecule has 2 aliphatic heterocycles. The number of ether oxygens (including phenoxy) is 3. The Balaban J connectivity index is 1.35. The van der Waals surface area contributed by atoms with Gasteiger partial charge in [-0.05, 0) is 37.0 Å². The number of rotatable bonds is 8. The fraction of sp³-hybridized carbons (Fsp3) is 0.667. The van der Waals surface area contributed by atoms with Crippen molar-refractivity contribution in [1.82, 2.24) is 10.2 Å². The summed E-state index contributed by atoms with van der Waals surface area (Å²) in [6, 6.07) is 8.44. The Bertz CT molecular complexity index is 585. The first kappa shape index (κ1) is 20.0. The highest BCUT2D eigenvalue weighted by molar-refractivity contribution is 5.80. The molecule has 2 saturated heterocycles. The highest BCUT2D eigenvalue weighted by Crippen LogP contribution is 2.28. The minimum atomic E-state index is 0.548. The van der Waals surface area contributed by atoms with Crippen LogP contribution in [0.5, 0.6) is 5.75 Å². The lowest BCUT2D eigenvalue weighted by Crippen LogP contribution is -2.40. The molecule has 27 heavy (non-hydrogen) atoms. The number of hydrogen-bond acceptors (Lipinski definition) is 4. The first-order valence-electron chi connectivity index (χ1n) is 10.0. The molecule has 150 valence electrons. The zero-order chi connectivity index (χ0) is 18.9. The summed E-state index contributed by atoms with van der Waals surface area (Å²) in [4.78, 5) is 6.81. The number of likely N-dealkylation sites (tertiary alicyclic amines) is 1. The molecule has 2 fully saturated rings. The Morgan fingerprint density at radius 2 is 2.15 bits per heavy atom. The number of guanidine groups is 1. The van der Waals surface area contributed by atoms with Crippen LogP contribution in [0.3, 0.4) is 0 Å². The van der Waals surface area contributed by atoms with Gasteiger partial charge in [-0.1, -0.05) is 12.1 Å². The van der Waals surface area contributed by atoms with E-state index in [1.54, 1.807) is 7.11 Å². The van der Waals surface area contributed by atoms with Crippen molar-refractivity contribution in [1.29, 1.82) is 0 Å². The molecule has 2 atom stereocenters. The Morgan fingerprint density at radius 3 is 2.85 bits per heavy atom. The summed E-state index contributed by atoms with van der Waals surface area (Å²) in [6.07, 6.45) is 3.27. The molecule has 0 amide bonds. The van der Waals surface area contributed by atoms with Crippen LogP contribution in [-0.4, -0.2) is 71.1 Å². The van der Waals surface area contributed by atoms with E-state index in [9.17, 15) is 0 Å². The van der Waals surface area contributed by atoms with Crippen LogP contribution < -0.4 is 10.1 Å². The van der Waals surface area contributed by atoms with E-state index in [1.807, 2.05) is 19.2 Å². The van der Waals surface area contributed by atoms with Crippen molar-refractivity contribution < 1.29 is 14.2 Å². The maximum Gasteiger partial charge on any atom is 0.193 e. The predicted molar refractivity (Wildman–Crippen MR) is 108 cm³/mol. The molecule has 0 bridgehead atoms. The zero-order valence-electron chi connectivity index (χ0n) is 16.7. The Labute approximate surface area is 162 Å². The van der Waals surface area contributed by atoms with Crippen molar-refractivity contribution in [3.8, 4) is 5.75 Å². The molecule has 6 nitrogen and oxygen atoms in total. The largest absolute Gasteiger partial charge is 0.497 e. The zero-order valence-corrected chi connectivity index (χ0v) is 16.7. The summed E-state index contributed by atoms with van der Waals surface area (Å²) >= 11 is 0. The number of benzene rings is 1. The molecule has 1 aromatic rings. The highest BCUT2D eigenvalue weighted by atomic mass is 16.5. The van der Waals surface area contributed by atoms with Gasteiger partial charge >= 0.3 is 0 Å². The topological polar surface area (TPSA) is 55.3 Å². The van der Waals surface area contributed by atoms with Crippen LogP contribution >= 0.6 is 0 Å². The molecule has 0 aromatic heterocycles. The van der Waals surface area contributed by atoms with Gasteiger partial charge in [0.1, 0.15) is 5.75 Å². The molecule has 0 spiro atoms. The molecule has 1 N–H and O–H groups in total. The lowest BCUT2D eigenvalue weighted by Gasteiger charge is -2.22. The summed E-state index contributed by atoms with van der Waals surface area (Å²) < 4.78 is 16.4. The number of hydrogen-bond donors (Lipinski definition) is 1. The van der Waals surface area contributed by atoms with Crippen molar-refractivity contribution >= 4 is 5.96 Å². The van der Waals surface area contributed by atoms with Gasteiger partial charge in [0.25, 0.3) is 0 Å². The van der Waals surface area contributed by atoms with Crippen LogP contribution in [0.15, 0.2) is 29.3 Å². The molecule has 1 aromatic carbocycles. The summed E-state index contributed by atoms with van der Waals surface area (Å²) in [5.74, 6) is 3.04. The summed E-state index contributed by atoms with van der Waals surface area (Å²) in [5.41, 5.74) is 1.37. The second kappa shape index (κ2) is 10.5. The third-order valence-corrected chi connectivity index (χ3v) is 5.41. The van der Waals surface area contributed by atoms with Gasteiger partial charge in [0, 0.05) is 51.7 Å². The van der Waals surface area contributed by atoms with Gasteiger partial charge in [-0.15, -0.1) is 0 Å². The highest BCUT2D eigenvalue weighted by Gasteiger charge is 2.26. The van der Waals surface area contributed by atoms with Crippen molar-refractivity contribution in [2.75, 3.05) is 60.2 Å². The molecule has 6 heteroatoms. The van der Waals surface area contributed by atoms with E-state index in [2.05, 4.69) is 27.3 Å². The van der Waals surface area contributed by atoms with Gasteiger partial charge in [0.05, 0.1) is 20.3 Å². The first-order valence-corrected chi connectivity index (χ1v) is 10.0. The maximum atomic E-state index is 5.77. The quantitative estimate of drug-likeness (QED) is 0.430. The SMILES string of the molecule is CN=C(NCCCOCC1CCOC1)N1CCC(c2ccc(OC)cc2)C1. The third-order valence-electron chi connectivity index (χ3n) is 5.41. The van der Waals surface area contributed by atoms with E-state index in [0.717, 1.165) is 77.0 Å². The fourth-order valence-corrected chi connectivity index (χ4v) is 3.77. The van der Waals surface area contributed by atoms with Gasteiger partial charge in [0.2, 0.25) is 0 Å². The average Bonchev–Trinajstić information content (AvgIpc) is 3.40. The molecule has 3 rings (SSSR count). The first-order chi connectivity index (χ1) is 13.3. The lowest BCUT2D eigenvalue weighted by molar-refractivity contribution is 0.0887. The molecular weight excluding hydrogens is 342 g/mol. The van der Waals surface area contributed by atoms with E-state index < -0.39 is 0 Å². The lowest BCUT2D eigenvalue weighted by atomic mass is 9.98. The number of aliphatic imine (C=N–C) groups is 1. The number of nitrogens with zero attached hydrogens (tertiary/aromatic N) is 2. The fourth-order valence-electron chi connectivity index (χ4n) is 3.77. The predicted octanol–water partition coefficient (Wildman–Crippen LogP) is 2.50. The number of nitrogens with one attached hydrogen (secondary N) is 1. The minimum Gasteiger partial charge on any atom is -0.497 e. The summed E-state index contributed by atoms with van der Waals surface area (Å²) in [6.45, 7) is 6.28. The van der Waals surface area contributed by atoms with Crippen molar-refractivity contribution in [3.05, 3.63) is 29.8 Å². The molecule has 2 heterocycles. The molecule has 0 aliphatic carbocycles. The average molecular weight is 376 g/mol. The summed E-state index contributed by atoms with van der Waals surface area (Å²) in [5, 5.41) is 3.48. The van der Waals surface area contributed by atoms with Crippen LogP contribution in [0, 0.1) is 5.92 Å². The second-order valence-corrected chi connectivity index (χ2v) is 7.34. The summed E-state index contributed by atoms with van der Waals surface area (Å²) in [7, 11) is 3.57. The minimum absolute atomic E-state index is 0.548. The smallest absolute Gasteiger partial charge is 0.193 e. The van der Waals surface area contributed by atoms with Crippen molar-refractivity contribution in [2.45, 2.75) is 25.2 Å². The van der Waals surface area contributed by atoms with E-state index in [0.29, 0.717) is 11.8 Å². The van der Waals surface area contributed by atoms with E-state index >= 15 is 0 Å². The van der Waals surface area contributed by atoms with E-state index in [-0.39, 0.29) is 0 Å². The monoisotopic (exact) mass is 375 g/mol. The van der Waals surface area contributed by atoms with Gasteiger partial charge in [-0.2, -0.15) is 0 Å². The van der Waals surface area contributed by atoms with Crippen LogP contribution in [0.25, 0.3) is 0 Å². The van der Waals surface area contributed by atoms with Gasteiger partial charge in [-0.3, -0.25) is 4.99 Å². The molecule has 2 unspecified atom stereocenters. The van der Waals surface area contributed by atoms with Crippen LogP contribution in [-0.2, 0) is 9.47 Å². The van der Waals surface area contributed by atoms with Gasteiger partial charge < -0.3 is 24.4 Å². The third kappa shape index (κ3) is 5.84. The number of methoxy groups -OCH3 is 1. The molecule has 0 saturated carbocycles. The standard InChI is InChI=1S/C21H33N3O3/c1-22-21(23-10-3-12-26-15-17-9-13-27-16-17)24-11-8-19(14-24)18-4-6-20(25-2)7-5-18/h4-7,17,19H,3,8-16H2,1-2H3,(H,22,23). The molecular formula is C21H33N3O3. The Hall–Kier alpha value is -1.79. The van der Waals surface area contributed by atoms with Gasteiger partial charge in [-0.25, -0.2) is 0 Å². The Kier molecular flexibility index (Phi) is 7.78. The van der Waals surface area contributed by atoms with E-state index in [4.69, 9.17) is 14.2 Å². The van der Waals surface area contributed by atoms with Crippen molar-refractivity contribution in [3.63, 3.8) is 0 Å². The molecule has 0 radical (unpaired) electrons. The van der Waals surface area contributed by atoms with Crippen LogP contribution in [0.1, 0.15) is 30.7 Å². The van der Waals surface area contributed by atoms with E-state index in [1.165, 1.54) is 5.56 Å². The van der Waals surface area contributed by atoms with Crippen LogP contribution in [0.2, 0.25) is 0 Å². The maximum absolute atomic E-state index is 5.77. The normalized spacial score (nSPS) is 23.0. The Morgan fingerprint density at radius 1 is 1.30 bits per heavy atom. The molecule has 2 aliphatic rings. The van der Waals surface area contributed by atoms with Gasteiger partial charge in [0.15, 0.2) is 5.96 Å². The van der Waals surface area contributed by atoms with Crippen molar-refractivity contribution in [2.24, 2.45) is 10.9 Å². The second-order valence-electron chi connectivity index (χ2n) is 7.34.